The summed E-state index contributed by atoms with van der Waals surface area (Å²) in [7, 11) is 0. The van der Waals surface area contributed by atoms with Crippen molar-refractivity contribution in [3.05, 3.63) is 74.6 Å². The Morgan fingerprint density at radius 1 is 1.08 bits per heavy atom. The molecule has 24 heavy (non-hydrogen) atoms. The smallest absolute Gasteiger partial charge is 0.288 e. The number of aromatic hydroxyl groups is 1. The fourth-order valence-corrected chi connectivity index (χ4v) is 3.12. The molecule has 0 radical (unpaired) electrons. The molecule has 0 spiro atoms. The molecule has 120 valence electrons. The van der Waals surface area contributed by atoms with Gasteiger partial charge in [0.25, 0.3) is 5.91 Å². The molecule has 2 aromatic carbocycles. The third kappa shape index (κ3) is 2.01. The molecule has 1 amide bonds. The second kappa shape index (κ2) is 4.96. The lowest BCUT2D eigenvalue weighted by Crippen LogP contribution is -2.21. The van der Waals surface area contributed by atoms with E-state index >= 15 is 0 Å². The molecular formula is C19H15NO4. The van der Waals surface area contributed by atoms with Gasteiger partial charge >= 0.3 is 0 Å². The van der Waals surface area contributed by atoms with Crippen molar-refractivity contribution in [2.45, 2.75) is 19.9 Å². The first-order valence-corrected chi connectivity index (χ1v) is 7.63. The number of benzene rings is 2. The Hall–Kier alpha value is -3.08. The van der Waals surface area contributed by atoms with Gasteiger partial charge in [0.2, 0.25) is 5.76 Å². The van der Waals surface area contributed by atoms with E-state index < -0.39 is 11.9 Å². The zero-order chi connectivity index (χ0) is 17.0. The van der Waals surface area contributed by atoms with E-state index in [9.17, 15) is 14.7 Å². The van der Waals surface area contributed by atoms with E-state index in [0.717, 1.165) is 11.1 Å². The minimum absolute atomic E-state index is 0.0455. The first-order valence-electron chi connectivity index (χ1n) is 7.63. The van der Waals surface area contributed by atoms with E-state index in [-0.39, 0.29) is 16.9 Å². The maximum Gasteiger partial charge on any atom is 0.288 e. The highest BCUT2D eigenvalue weighted by atomic mass is 16.3. The van der Waals surface area contributed by atoms with Gasteiger partial charge in [0.05, 0.1) is 17.0 Å². The van der Waals surface area contributed by atoms with Crippen LogP contribution in [0.4, 0.5) is 0 Å². The second-order valence-corrected chi connectivity index (χ2v) is 6.11. The van der Waals surface area contributed by atoms with E-state index in [0.29, 0.717) is 22.1 Å². The highest BCUT2D eigenvalue weighted by Gasteiger charge is 2.36. The number of carbonyl (C=O) groups excluding carboxylic acids is 1. The van der Waals surface area contributed by atoms with Gasteiger partial charge in [0.1, 0.15) is 11.3 Å². The minimum Gasteiger partial charge on any atom is -0.508 e. The monoisotopic (exact) mass is 321 g/mol. The van der Waals surface area contributed by atoms with Crippen LogP contribution in [0, 0.1) is 13.8 Å². The number of carbonyl (C=O) groups is 1. The number of hydrogen-bond acceptors (Lipinski definition) is 4. The fraction of sp³-hybridized carbons (Fsp3) is 0.158. The van der Waals surface area contributed by atoms with Crippen LogP contribution in [0.2, 0.25) is 0 Å². The molecule has 0 unspecified atom stereocenters. The molecule has 1 atom stereocenters. The van der Waals surface area contributed by atoms with Crippen molar-refractivity contribution in [1.29, 1.82) is 0 Å². The Bertz CT molecular complexity index is 1060. The minimum atomic E-state index is -0.623. The summed E-state index contributed by atoms with van der Waals surface area (Å²) in [6.45, 7) is 3.86. The van der Waals surface area contributed by atoms with E-state index in [1.807, 2.05) is 13.8 Å². The molecule has 0 saturated carbocycles. The molecule has 1 aliphatic rings. The molecule has 3 aromatic rings. The maximum atomic E-state index is 13.0. The molecule has 1 aromatic heterocycles. The van der Waals surface area contributed by atoms with E-state index in [4.69, 9.17) is 4.42 Å². The van der Waals surface area contributed by atoms with Crippen molar-refractivity contribution in [1.82, 2.24) is 5.32 Å². The summed E-state index contributed by atoms with van der Waals surface area (Å²) in [6, 6.07) is 9.44. The van der Waals surface area contributed by atoms with E-state index in [1.54, 1.807) is 24.3 Å². The standard InChI is InChI=1S/C19H15NO4/c1-9-6-13-14(7-10(9)2)24-18-15(17(13)22)16(20-19(18)23)11-4-3-5-12(21)8-11/h3-8,16,21H,1-2H3,(H,20,23)/t16-/m1/s1. The van der Waals surface area contributed by atoms with Crippen LogP contribution in [0.25, 0.3) is 11.0 Å². The number of amides is 1. The average Bonchev–Trinajstić information content (AvgIpc) is 2.87. The predicted molar refractivity (Wildman–Crippen MR) is 89.4 cm³/mol. The molecular weight excluding hydrogens is 306 g/mol. The normalized spacial score (nSPS) is 16.2. The Morgan fingerprint density at radius 3 is 2.58 bits per heavy atom. The summed E-state index contributed by atoms with van der Waals surface area (Å²) >= 11 is 0. The highest BCUT2D eigenvalue weighted by Crippen LogP contribution is 2.32. The molecule has 0 fully saturated rings. The SMILES string of the molecule is Cc1cc2oc3c(c(=O)c2cc1C)[C@@H](c1cccc(O)c1)NC3=O. The Labute approximate surface area is 137 Å². The summed E-state index contributed by atoms with van der Waals surface area (Å²) in [4.78, 5) is 25.3. The van der Waals surface area contributed by atoms with Gasteiger partial charge in [-0.15, -0.1) is 0 Å². The zero-order valence-electron chi connectivity index (χ0n) is 13.2. The van der Waals surface area contributed by atoms with Crippen molar-refractivity contribution in [3.63, 3.8) is 0 Å². The zero-order valence-corrected chi connectivity index (χ0v) is 13.2. The Morgan fingerprint density at radius 2 is 1.83 bits per heavy atom. The van der Waals surface area contributed by atoms with Gasteiger partial charge in [-0.05, 0) is 54.8 Å². The third-order valence-electron chi connectivity index (χ3n) is 4.52. The topological polar surface area (TPSA) is 79.5 Å². The van der Waals surface area contributed by atoms with Crippen molar-refractivity contribution < 1.29 is 14.3 Å². The van der Waals surface area contributed by atoms with Crippen LogP contribution in [0.1, 0.15) is 38.9 Å². The second-order valence-electron chi connectivity index (χ2n) is 6.11. The van der Waals surface area contributed by atoms with Crippen molar-refractivity contribution >= 4 is 16.9 Å². The van der Waals surface area contributed by atoms with Gasteiger partial charge in [0.15, 0.2) is 5.43 Å². The highest BCUT2D eigenvalue weighted by molar-refractivity contribution is 5.99. The van der Waals surface area contributed by atoms with Gasteiger partial charge in [0, 0.05) is 0 Å². The molecule has 4 rings (SSSR count). The van der Waals surface area contributed by atoms with Gasteiger partial charge in [-0.25, -0.2) is 0 Å². The van der Waals surface area contributed by atoms with Gasteiger partial charge in [-0.1, -0.05) is 12.1 Å². The number of phenols is 1. The Balaban J connectivity index is 2.02. The van der Waals surface area contributed by atoms with Gasteiger partial charge < -0.3 is 14.8 Å². The van der Waals surface area contributed by atoms with Crippen molar-refractivity contribution in [2.75, 3.05) is 0 Å². The molecule has 2 heterocycles. The predicted octanol–water partition coefficient (Wildman–Crippen LogP) is 2.95. The van der Waals surface area contributed by atoms with Crippen molar-refractivity contribution in [2.24, 2.45) is 0 Å². The summed E-state index contributed by atoms with van der Waals surface area (Å²) < 4.78 is 5.74. The molecule has 5 heteroatoms. The van der Waals surface area contributed by atoms with Crippen LogP contribution in [0.5, 0.6) is 5.75 Å². The third-order valence-corrected chi connectivity index (χ3v) is 4.52. The number of aryl methyl sites for hydroxylation is 2. The van der Waals surface area contributed by atoms with Gasteiger partial charge in [-0.2, -0.15) is 0 Å². The number of phenolic OH excluding ortho intramolecular Hbond substituents is 1. The van der Waals surface area contributed by atoms with E-state index in [1.165, 1.54) is 12.1 Å². The molecule has 2 N–H and O–H groups in total. The molecule has 0 aliphatic carbocycles. The van der Waals surface area contributed by atoms with E-state index in [2.05, 4.69) is 5.32 Å². The van der Waals surface area contributed by atoms with Crippen LogP contribution in [-0.4, -0.2) is 11.0 Å². The largest absolute Gasteiger partial charge is 0.508 e. The lowest BCUT2D eigenvalue weighted by atomic mass is 9.98. The summed E-state index contributed by atoms with van der Waals surface area (Å²) in [5.41, 5.74) is 3.10. The molecule has 5 nitrogen and oxygen atoms in total. The number of nitrogens with one attached hydrogen (secondary N) is 1. The quantitative estimate of drug-likeness (QED) is 0.722. The number of rotatable bonds is 1. The number of hydrogen-bond donors (Lipinski definition) is 2. The first-order chi connectivity index (χ1) is 11.5. The fourth-order valence-electron chi connectivity index (χ4n) is 3.12. The maximum absolute atomic E-state index is 13.0. The molecule has 0 bridgehead atoms. The van der Waals surface area contributed by atoms with Crippen LogP contribution >= 0.6 is 0 Å². The number of fused-ring (bicyclic) bond motifs is 2. The van der Waals surface area contributed by atoms with Crippen molar-refractivity contribution in [3.8, 4) is 5.75 Å². The first kappa shape index (κ1) is 14.5. The molecule has 0 saturated heterocycles. The lowest BCUT2D eigenvalue weighted by molar-refractivity contribution is 0.0938. The van der Waals surface area contributed by atoms with Crippen LogP contribution in [0.3, 0.4) is 0 Å². The van der Waals surface area contributed by atoms with Crippen LogP contribution in [-0.2, 0) is 0 Å². The van der Waals surface area contributed by atoms with Crippen LogP contribution in [0.15, 0.2) is 45.6 Å². The van der Waals surface area contributed by atoms with Crippen LogP contribution < -0.4 is 10.7 Å². The summed E-state index contributed by atoms with van der Waals surface area (Å²) in [6.07, 6.45) is 0. The Kier molecular flexibility index (Phi) is 3.00. The van der Waals surface area contributed by atoms with Gasteiger partial charge in [-0.3, -0.25) is 9.59 Å². The average molecular weight is 321 g/mol. The lowest BCUT2D eigenvalue weighted by Gasteiger charge is -2.12. The molecule has 1 aliphatic heterocycles. The summed E-state index contributed by atoms with van der Waals surface area (Å²) in [5, 5.41) is 12.9. The summed E-state index contributed by atoms with van der Waals surface area (Å²) in [5.74, 6) is -0.300.